The van der Waals surface area contributed by atoms with E-state index in [1.807, 2.05) is 6.92 Å². The van der Waals surface area contributed by atoms with Gasteiger partial charge in [0.15, 0.2) is 0 Å². The third-order valence-electron chi connectivity index (χ3n) is 3.79. The Bertz CT molecular complexity index is 190. The first-order valence-corrected chi connectivity index (χ1v) is 8.43. The molecule has 0 bridgehead atoms. The molecule has 0 radical (unpaired) electrons. The molecule has 0 saturated heterocycles. The molecule has 0 saturated carbocycles. The fourth-order valence-electron chi connectivity index (χ4n) is 2.39. The molecular weight excluding hydrogens is 234 g/mol. The first-order valence-electron chi connectivity index (χ1n) is 8.43. The van der Waals surface area contributed by atoms with E-state index in [1.54, 1.807) is 0 Å². The second-order valence-corrected chi connectivity index (χ2v) is 6.58. The van der Waals surface area contributed by atoms with Gasteiger partial charge < -0.3 is 10.4 Å². The summed E-state index contributed by atoms with van der Waals surface area (Å²) in [5, 5.41) is 13.6. The zero-order chi connectivity index (χ0) is 14.6. The predicted molar refractivity (Wildman–Crippen MR) is 85.6 cm³/mol. The van der Waals surface area contributed by atoms with Crippen LogP contribution < -0.4 is 5.32 Å². The van der Waals surface area contributed by atoms with Crippen LogP contribution in [0.2, 0.25) is 0 Å². The van der Waals surface area contributed by atoms with E-state index in [0.717, 1.165) is 19.4 Å². The molecule has 0 rings (SSSR count). The van der Waals surface area contributed by atoms with Crippen molar-refractivity contribution in [2.75, 3.05) is 6.54 Å². The van der Waals surface area contributed by atoms with Gasteiger partial charge in [0, 0.05) is 6.04 Å². The minimum atomic E-state index is -0.482. The quantitative estimate of drug-likeness (QED) is 0.478. The van der Waals surface area contributed by atoms with Crippen LogP contribution in [0.25, 0.3) is 0 Å². The number of rotatable bonds is 13. The molecule has 116 valence electrons. The van der Waals surface area contributed by atoms with E-state index in [-0.39, 0.29) is 0 Å². The Morgan fingerprint density at radius 1 is 0.895 bits per heavy atom. The van der Waals surface area contributed by atoms with E-state index >= 15 is 0 Å². The fraction of sp³-hybridized carbons (Fsp3) is 1.00. The molecule has 19 heavy (non-hydrogen) atoms. The maximum absolute atomic E-state index is 10.3. The largest absolute Gasteiger partial charge is 0.390 e. The van der Waals surface area contributed by atoms with Crippen molar-refractivity contribution in [3.05, 3.63) is 0 Å². The molecule has 0 aromatic carbocycles. The average molecular weight is 271 g/mol. The van der Waals surface area contributed by atoms with Crippen LogP contribution in [0, 0.1) is 0 Å². The fourth-order valence-corrected chi connectivity index (χ4v) is 2.39. The molecule has 0 aliphatic heterocycles. The Morgan fingerprint density at radius 3 is 1.95 bits per heavy atom. The van der Waals surface area contributed by atoms with E-state index in [1.165, 1.54) is 51.4 Å². The molecule has 2 N–H and O–H groups in total. The maximum atomic E-state index is 10.3. The lowest BCUT2D eigenvalue weighted by Gasteiger charge is -2.24. The van der Waals surface area contributed by atoms with Gasteiger partial charge >= 0.3 is 0 Å². The first kappa shape index (κ1) is 18.9. The lowest BCUT2D eigenvalue weighted by Crippen LogP contribution is -2.32. The van der Waals surface area contributed by atoms with Crippen LogP contribution in [0.5, 0.6) is 0 Å². The van der Waals surface area contributed by atoms with Gasteiger partial charge in [-0.3, -0.25) is 0 Å². The Morgan fingerprint density at radius 2 is 1.42 bits per heavy atom. The summed E-state index contributed by atoms with van der Waals surface area (Å²) < 4.78 is 0. The molecule has 1 atom stereocenters. The van der Waals surface area contributed by atoms with E-state index in [0.29, 0.717) is 6.04 Å². The van der Waals surface area contributed by atoms with Gasteiger partial charge in [-0.1, -0.05) is 72.1 Å². The summed E-state index contributed by atoms with van der Waals surface area (Å²) in [4.78, 5) is 0. The van der Waals surface area contributed by atoms with Crippen LogP contribution in [-0.2, 0) is 0 Å². The van der Waals surface area contributed by atoms with E-state index in [4.69, 9.17) is 0 Å². The van der Waals surface area contributed by atoms with Gasteiger partial charge in [0.05, 0.1) is 5.60 Å². The summed E-state index contributed by atoms with van der Waals surface area (Å²) in [5.74, 6) is 0. The highest BCUT2D eigenvalue weighted by molar-refractivity contribution is 4.74. The van der Waals surface area contributed by atoms with Crippen LogP contribution in [0.1, 0.15) is 91.9 Å². The first-order chi connectivity index (χ1) is 8.98. The third-order valence-corrected chi connectivity index (χ3v) is 3.79. The molecule has 0 aromatic heterocycles. The van der Waals surface area contributed by atoms with E-state index < -0.39 is 5.60 Å². The van der Waals surface area contributed by atoms with Crippen molar-refractivity contribution in [1.82, 2.24) is 5.32 Å². The Labute approximate surface area is 121 Å². The summed E-state index contributed by atoms with van der Waals surface area (Å²) in [6.07, 6.45) is 12.5. The lowest BCUT2D eigenvalue weighted by atomic mass is 9.94. The molecule has 0 aliphatic carbocycles. The molecule has 0 aromatic rings. The van der Waals surface area contributed by atoms with Crippen molar-refractivity contribution in [3.63, 3.8) is 0 Å². The molecule has 0 fully saturated rings. The summed E-state index contributed by atoms with van der Waals surface area (Å²) >= 11 is 0. The topological polar surface area (TPSA) is 32.3 Å². The van der Waals surface area contributed by atoms with Crippen molar-refractivity contribution in [2.24, 2.45) is 0 Å². The third kappa shape index (κ3) is 14.1. The monoisotopic (exact) mass is 271 g/mol. The van der Waals surface area contributed by atoms with Crippen LogP contribution in [0.15, 0.2) is 0 Å². The van der Waals surface area contributed by atoms with E-state index in [9.17, 15) is 5.11 Å². The SMILES string of the molecule is CCCCCCCCCCC(C)(O)CCNC(C)C. The number of hydrogen-bond acceptors (Lipinski definition) is 2. The maximum Gasteiger partial charge on any atom is 0.0631 e. The second-order valence-electron chi connectivity index (χ2n) is 6.58. The lowest BCUT2D eigenvalue weighted by molar-refractivity contribution is 0.0391. The molecule has 2 heteroatoms. The Balaban J connectivity index is 3.37. The van der Waals surface area contributed by atoms with Gasteiger partial charge in [0.2, 0.25) is 0 Å². The van der Waals surface area contributed by atoms with Crippen molar-refractivity contribution >= 4 is 0 Å². The van der Waals surface area contributed by atoms with Crippen LogP contribution >= 0.6 is 0 Å². The molecule has 0 spiro atoms. The van der Waals surface area contributed by atoms with Crippen molar-refractivity contribution < 1.29 is 5.11 Å². The minimum absolute atomic E-state index is 0.482. The van der Waals surface area contributed by atoms with Crippen LogP contribution in [0.4, 0.5) is 0 Å². The van der Waals surface area contributed by atoms with Gasteiger partial charge in [-0.05, 0) is 26.3 Å². The standard InChI is InChI=1S/C17H37NO/c1-5-6-7-8-9-10-11-12-13-17(4,19)14-15-18-16(2)3/h16,18-19H,5-15H2,1-4H3. The van der Waals surface area contributed by atoms with Gasteiger partial charge in [0.1, 0.15) is 0 Å². The highest BCUT2D eigenvalue weighted by Crippen LogP contribution is 2.19. The van der Waals surface area contributed by atoms with Gasteiger partial charge in [0.25, 0.3) is 0 Å². The molecule has 1 unspecified atom stereocenters. The van der Waals surface area contributed by atoms with Crippen molar-refractivity contribution in [3.8, 4) is 0 Å². The smallest absolute Gasteiger partial charge is 0.0631 e. The van der Waals surface area contributed by atoms with Crippen LogP contribution in [0.3, 0.4) is 0 Å². The number of aliphatic hydroxyl groups is 1. The summed E-state index contributed by atoms with van der Waals surface area (Å²) in [5.41, 5.74) is -0.482. The highest BCUT2D eigenvalue weighted by atomic mass is 16.3. The number of unbranched alkanes of at least 4 members (excludes halogenated alkanes) is 7. The normalized spacial score (nSPS) is 14.8. The summed E-state index contributed by atoms with van der Waals surface area (Å²) in [6, 6.07) is 0.513. The zero-order valence-electron chi connectivity index (χ0n) is 13.8. The average Bonchev–Trinajstić information content (AvgIpc) is 2.31. The molecular formula is C17H37NO. The Kier molecular flexibility index (Phi) is 11.7. The number of hydrogen-bond donors (Lipinski definition) is 2. The van der Waals surface area contributed by atoms with Gasteiger partial charge in [-0.25, -0.2) is 0 Å². The van der Waals surface area contributed by atoms with Crippen molar-refractivity contribution in [2.45, 2.75) is 104 Å². The van der Waals surface area contributed by atoms with Gasteiger partial charge in [-0.2, -0.15) is 0 Å². The highest BCUT2D eigenvalue weighted by Gasteiger charge is 2.18. The summed E-state index contributed by atoms with van der Waals surface area (Å²) in [7, 11) is 0. The number of nitrogens with one attached hydrogen (secondary N) is 1. The Hall–Kier alpha value is -0.0800. The van der Waals surface area contributed by atoms with E-state index in [2.05, 4.69) is 26.1 Å². The molecule has 2 nitrogen and oxygen atoms in total. The van der Waals surface area contributed by atoms with Crippen LogP contribution in [-0.4, -0.2) is 23.3 Å². The molecule has 0 heterocycles. The second kappa shape index (κ2) is 11.7. The molecule has 0 amide bonds. The summed E-state index contributed by atoms with van der Waals surface area (Å²) in [6.45, 7) is 9.45. The minimum Gasteiger partial charge on any atom is -0.390 e. The van der Waals surface area contributed by atoms with Gasteiger partial charge in [-0.15, -0.1) is 0 Å². The van der Waals surface area contributed by atoms with Crippen molar-refractivity contribution in [1.29, 1.82) is 0 Å². The predicted octanol–water partition coefficient (Wildman–Crippen LogP) is 4.66. The zero-order valence-corrected chi connectivity index (χ0v) is 13.8. The molecule has 0 aliphatic rings.